The lowest BCUT2D eigenvalue weighted by atomic mass is 9.72. The number of benzene rings is 1. The van der Waals surface area contributed by atoms with Crippen LogP contribution in [0.4, 0.5) is 8.78 Å². The van der Waals surface area contributed by atoms with E-state index in [1.54, 1.807) is 7.05 Å². The van der Waals surface area contributed by atoms with Crippen molar-refractivity contribution in [2.24, 2.45) is 0 Å². The number of carbonyl (C=O) groups excluding carboxylic acids is 2. The van der Waals surface area contributed by atoms with Crippen molar-refractivity contribution in [3.05, 3.63) is 63.1 Å². The van der Waals surface area contributed by atoms with Crippen LogP contribution < -0.4 is 10.7 Å². The molecule has 0 radical (unpaired) electrons. The van der Waals surface area contributed by atoms with E-state index in [1.165, 1.54) is 21.7 Å². The van der Waals surface area contributed by atoms with E-state index >= 15 is 0 Å². The summed E-state index contributed by atoms with van der Waals surface area (Å²) >= 11 is 0. The maximum absolute atomic E-state index is 13.9. The number of ether oxygens (including phenoxy) is 1. The van der Waals surface area contributed by atoms with Gasteiger partial charge in [0.1, 0.15) is 17.2 Å². The maximum Gasteiger partial charge on any atom is 0.274 e. The zero-order valence-corrected chi connectivity index (χ0v) is 17.7. The van der Waals surface area contributed by atoms with E-state index < -0.39 is 40.2 Å². The number of rotatable bonds is 5. The average Bonchev–Trinajstić information content (AvgIpc) is 2.71. The van der Waals surface area contributed by atoms with E-state index in [0.717, 1.165) is 6.07 Å². The number of carbonyl (C=O) groups is 2. The van der Waals surface area contributed by atoms with Crippen LogP contribution in [-0.4, -0.2) is 52.7 Å². The summed E-state index contributed by atoms with van der Waals surface area (Å²) in [6.45, 7) is 2.47. The summed E-state index contributed by atoms with van der Waals surface area (Å²) in [6, 6.07) is 2.94. The fraction of sp³-hybridized carbons (Fsp3) is 0.409. The third kappa shape index (κ3) is 3.54. The predicted molar refractivity (Wildman–Crippen MR) is 109 cm³/mol. The lowest BCUT2D eigenvalue weighted by Crippen LogP contribution is -2.61. The Balaban J connectivity index is 1.67. The molecule has 2 N–H and O–H groups in total. The molecule has 2 amide bonds. The minimum atomic E-state index is -0.993. The van der Waals surface area contributed by atoms with Crippen molar-refractivity contribution < 1.29 is 28.2 Å². The minimum absolute atomic E-state index is 0.0326. The summed E-state index contributed by atoms with van der Waals surface area (Å²) < 4.78 is 34.1. The molecule has 1 aliphatic heterocycles. The first-order chi connectivity index (χ1) is 15.2. The van der Waals surface area contributed by atoms with Gasteiger partial charge in [-0.25, -0.2) is 8.78 Å². The Hall–Kier alpha value is -3.27. The highest BCUT2D eigenvalue weighted by Crippen LogP contribution is 2.45. The van der Waals surface area contributed by atoms with Gasteiger partial charge in [0.05, 0.1) is 11.6 Å². The lowest BCUT2D eigenvalue weighted by molar-refractivity contribution is -0.0825. The summed E-state index contributed by atoms with van der Waals surface area (Å²) in [6.07, 6.45) is 2.35. The molecule has 1 aliphatic carbocycles. The van der Waals surface area contributed by atoms with Crippen LogP contribution in [-0.2, 0) is 16.8 Å². The monoisotopic (exact) mass is 447 g/mol. The van der Waals surface area contributed by atoms with E-state index in [-0.39, 0.29) is 29.5 Å². The van der Waals surface area contributed by atoms with Gasteiger partial charge in [-0.15, -0.1) is 0 Å². The van der Waals surface area contributed by atoms with Crippen molar-refractivity contribution in [3.8, 4) is 5.75 Å². The van der Waals surface area contributed by atoms with Crippen molar-refractivity contribution in [1.82, 2.24) is 14.8 Å². The topological polar surface area (TPSA) is 101 Å². The van der Waals surface area contributed by atoms with Gasteiger partial charge < -0.3 is 24.6 Å². The molecule has 32 heavy (non-hydrogen) atoms. The van der Waals surface area contributed by atoms with Gasteiger partial charge in [-0.05, 0) is 25.8 Å². The van der Waals surface area contributed by atoms with Crippen LogP contribution in [0.25, 0.3) is 0 Å². The Morgan fingerprint density at radius 1 is 1.31 bits per heavy atom. The largest absolute Gasteiger partial charge is 0.503 e. The SMILES string of the molecule is CCO[C@H]1C[C@]2(CN(C)C(=O)c3c(O)c(=O)c(C(=O)NCc4ccc(F)cc4F)cn32)C1. The highest BCUT2D eigenvalue weighted by atomic mass is 19.1. The van der Waals surface area contributed by atoms with Gasteiger partial charge in [0.2, 0.25) is 5.43 Å². The smallest absolute Gasteiger partial charge is 0.274 e. The molecule has 2 aromatic rings. The Bertz CT molecular complexity index is 1160. The third-order valence-electron chi connectivity index (χ3n) is 6.09. The molecule has 2 heterocycles. The first-order valence-corrected chi connectivity index (χ1v) is 10.2. The molecule has 1 aromatic carbocycles. The van der Waals surface area contributed by atoms with E-state index in [2.05, 4.69) is 5.32 Å². The van der Waals surface area contributed by atoms with E-state index in [4.69, 9.17) is 4.74 Å². The van der Waals surface area contributed by atoms with Gasteiger partial charge in [-0.3, -0.25) is 14.4 Å². The van der Waals surface area contributed by atoms with E-state index in [0.29, 0.717) is 32.1 Å². The second-order valence-corrected chi connectivity index (χ2v) is 8.23. The van der Waals surface area contributed by atoms with Gasteiger partial charge in [-0.1, -0.05) is 6.07 Å². The summed E-state index contributed by atoms with van der Waals surface area (Å²) in [4.78, 5) is 39.6. The van der Waals surface area contributed by atoms with Crippen LogP contribution >= 0.6 is 0 Å². The summed E-state index contributed by atoms with van der Waals surface area (Å²) in [5, 5.41) is 13.0. The second-order valence-electron chi connectivity index (χ2n) is 8.23. The number of fused-ring (bicyclic) bond motifs is 2. The quantitative estimate of drug-likeness (QED) is 0.727. The van der Waals surface area contributed by atoms with Crippen molar-refractivity contribution in [2.45, 2.75) is 38.0 Å². The molecule has 1 fully saturated rings. The van der Waals surface area contributed by atoms with Crippen LogP contribution in [0.1, 0.15) is 46.2 Å². The molecule has 0 bridgehead atoms. The van der Waals surface area contributed by atoms with Crippen molar-refractivity contribution in [3.63, 3.8) is 0 Å². The first kappa shape index (κ1) is 21.9. The molecule has 1 saturated carbocycles. The zero-order chi connectivity index (χ0) is 23.2. The Kier molecular flexibility index (Phi) is 5.49. The van der Waals surface area contributed by atoms with Crippen LogP contribution in [0.15, 0.2) is 29.2 Å². The van der Waals surface area contributed by atoms with Crippen molar-refractivity contribution in [2.75, 3.05) is 20.2 Å². The van der Waals surface area contributed by atoms with Crippen molar-refractivity contribution in [1.29, 1.82) is 0 Å². The molecule has 170 valence electrons. The second kappa shape index (κ2) is 8.01. The maximum atomic E-state index is 13.9. The molecule has 0 atom stereocenters. The van der Waals surface area contributed by atoms with Crippen LogP contribution in [0.3, 0.4) is 0 Å². The number of amides is 2. The van der Waals surface area contributed by atoms with Gasteiger partial charge in [0.25, 0.3) is 11.8 Å². The number of aromatic nitrogens is 1. The van der Waals surface area contributed by atoms with Crippen LogP contribution in [0.2, 0.25) is 0 Å². The predicted octanol–water partition coefficient (Wildman–Crippen LogP) is 1.74. The Labute approximate surface area is 182 Å². The average molecular weight is 447 g/mol. The number of halogens is 2. The van der Waals surface area contributed by atoms with Gasteiger partial charge in [0, 0.05) is 44.6 Å². The van der Waals surface area contributed by atoms with E-state index in [9.17, 15) is 28.3 Å². The van der Waals surface area contributed by atoms with Gasteiger partial charge >= 0.3 is 0 Å². The first-order valence-electron chi connectivity index (χ1n) is 10.2. The number of nitrogens with zero attached hydrogens (tertiary/aromatic N) is 2. The molecule has 2 aliphatic rings. The molecule has 10 heteroatoms. The molecule has 0 saturated heterocycles. The number of nitrogens with one attached hydrogen (secondary N) is 1. The summed E-state index contributed by atoms with van der Waals surface area (Å²) in [5.74, 6) is -3.75. The highest BCUT2D eigenvalue weighted by molar-refractivity contribution is 5.99. The third-order valence-corrected chi connectivity index (χ3v) is 6.09. The molecular formula is C22H23F2N3O5. The highest BCUT2D eigenvalue weighted by Gasteiger charge is 2.52. The molecule has 1 aromatic heterocycles. The summed E-state index contributed by atoms with van der Waals surface area (Å²) in [5.41, 5.74) is -2.10. The molecule has 1 spiro atoms. The minimum Gasteiger partial charge on any atom is -0.503 e. The molecule has 8 nitrogen and oxygen atoms in total. The standard InChI is InChI=1S/C22H23F2N3O5/c1-3-32-14-7-22(8-14)11-26(2)21(31)17-19(29)18(28)15(10-27(17)22)20(30)25-9-12-4-5-13(23)6-16(12)24/h4-6,10,14,29H,3,7-9,11H2,1-2H3,(H,25,30)/t14-,22+. The van der Waals surface area contributed by atoms with Gasteiger partial charge in [0.15, 0.2) is 11.4 Å². The van der Waals surface area contributed by atoms with Crippen LogP contribution in [0, 0.1) is 11.6 Å². The van der Waals surface area contributed by atoms with Crippen LogP contribution in [0.5, 0.6) is 5.75 Å². The number of hydrogen-bond donors (Lipinski definition) is 2. The number of hydrogen-bond acceptors (Lipinski definition) is 5. The fourth-order valence-corrected chi connectivity index (χ4v) is 4.51. The number of likely N-dealkylation sites (N-methyl/N-ethyl adjacent to an activating group) is 1. The molecular weight excluding hydrogens is 424 g/mol. The number of pyridine rings is 1. The number of aromatic hydroxyl groups is 1. The fourth-order valence-electron chi connectivity index (χ4n) is 4.51. The van der Waals surface area contributed by atoms with Crippen molar-refractivity contribution >= 4 is 11.8 Å². The zero-order valence-electron chi connectivity index (χ0n) is 17.7. The molecule has 0 unspecified atom stereocenters. The molecule has 4 rings (SSSR count). The Morgan fingerprint density at radius 3 is 2.69 bits per heavy atom. The normalized spacial score (nSPS) is 21.9. The lowest BCUT2D eigenvalue weighted by Gasteiger charge is -2.53. The van der Waals surface area contributed by atoms with Gasteiger partial charge in [-0.2, -0.15) is 0 Å². The Morgan fingerprint density at radius 2 is 2.03 bits per heavy atom. The summed E-state index contributed by atoms with van der Waals surface area (Å²) in [7, 11) is 1.59. The van der Waals surface area contributed by atoms with E-state index in [1.807, 2.05) is 6.92 Å².